The Bertz CT molecular complexity index is 392. The van der Waals surface area contributed by atoms with Gasteiger partial charge in [-0.15, -0.1) is 0 Å². The normalized spacial score (nSPS) is 17.3. The Kier molecular flexibility index (Phi) is 6.39. The molecule has 1 fully saturated rings. The van der Waals surface area contributed by atoms with Gasteiger partial charge in [0.05, 0.1) is 6.54 Å². The van der Waals surface area contributed by atoms with E-state index in [4.69, 9.17) is 0 Å². The number of rotatable bonds is 7. The Labute approximate surface area is 125 Å². The van der Waals surface area contributed by atoms with Crippen LogP contribution in [0, 0.1) is 0 Å². The standard InChI is InChI=1S/C16H25F2N3/c1-20(15-5-3-2-4-6-15)12-9-19-14-7-10-21(11-8-14)13-16(17)18/h2-6,14,16,19H,7-13H2,1H3. The topological polar surface area (TPSA) is 18.5 Å². The number of piperidine rings is 1. The second kappa shape index (κ2) is 8.29. The van der Waals surface area contributed by atoms with E-state index < -0.39 is 6.43 Å². The van der Waals surface area contributed by atoms with Crippen molar-refractivity contribution >= 4 is 5.69 Å². The number of likely N-dealkylation sites (tertiary alicyclic amines) is 1. The van der Waals surface area contributed by atoms with E-state index in [0.29, 0.717) is 6.04 Å². The molecule has 0 unspecified atom stereocenters. The average Bonchev–Trinajstić information content (AvgIpc) is 2.49. The van der Waals surface area contributed by atoms with Crippen LogP contribution < -0.4 is 10.2 Å². The van der Waals surface area contributed by atoms with Crippen LogP contribution in [-0.4, -0.2) is 57.1 Å². The van der Waals surface area contributed by atoms with Crippen LogP contribution in [-0.2, 0) is 0 Å². The van der Waals surface area contributed by atoms with Crippen molar-refractivity contribution in [3.05, 3.63) is 30.3 Å². The van der Waals surface area contributed by atoms with E-state index in [1.807, 2.05) is 23.1 Å². The van der Waals surface area contributed by atoms with Crippen molar-refractivity contribution in [1.82, 2.24) is 10.2 Å². The zero-order valence-corrected chi connectivity index (χ0v) is 12.6. The van der Waals surface area contributed by atoms with Crippen LogP contribution >= 0.6 is 0 Å². The molecule has 0 amide bonds. The Balaban J connectivity index is 1.62. The summed E-state index contributed by atoms with van der Waals surface area (Å²) in [5.74, 6) is 0. The fourth-order valence-corrected chi connectivity index (χ4v) is 2.76. The van der Waals surface area contributed by atoms with Crippen molar-refractivity contribution in [3.8, 4) is 0 Å². The van der Waals surface area contributed by atoms with Crippen LogP contribution in [0.3, 0.4) is 0 Å². The van der Waals surface area contributed by atoms with E-state index in [1.54, 1.807) is 0 Å². The zero-order valence-electron chi connectivity index (χ0n) is 12.6. The van der Waals surface area contributed by atoms with Gasteiger partial charge in [0.2, 0.25) is 0 Å². The molecule has 1 aromatic rings. The molecule has 0 atom stereocenters. The molecule has 0 saturated carbocycles. The van der Waals surface area contributed by atoms with Gasteiger partial charge in [-0.2, -0.15) is 0 Å². The highest BCUT2D eigenvalue weighted by Gasteiger charge is 2.20. The number of anilines is 1. The molecule has 1 N–H and O–H groups in total. The fourth-order valence-electron chi connectivity index (χ4n) is 2.76. The van der Waals surface area contributed by atoms with Gasteiger partial charge in [-0.3, -0.25) is 4.90 Å². The maximum atomic E-state index is 12.3. The van der Waals surface area contributed by atoms with E-state index >= 15 is 0 Å². The van der Waals surface area contributed by atoms with E-state index in [9.17, 15) is 8.78 Å². The summed E-state index contributed by atoms with van der Waals surface area (Å²) >= 11 is 0. The fraction of sp³-hybridized carbons (Fsp3) is 0.625. The highest BCUT2D eigenvalue weighted by atomic mass is 19.3. The highest BCUT2D eigenvalue weighted by Crippen LogP contribution is 2.12. The molecule has 1 aliphatic rings. The quantitative estimate of drug-likeness (QED) is 0.834. The average molecular weight is 297 g/mol. The molecule has 0 radical (unpaired) electrons. The van der Waals surface area contributed by atoms with Crippen LogP contribution in [0.4, 0.5) is 14.5 Å². The van der Waals surface area contributed by atoms with Gasteiger partial charge < -0.3 is 10.2 Å². The summed E-state index contributed by atoms with van der Waals surface area (Å²) in [4.78, 5) is 4.08. The molecule has 1 aromatic carbocycles. The molecule has 0 aliphatic carbocycles. The van der Waals surface area contributed by atoms with Crippen LogP contribution in [0.1, 0.15) is 12.8 Å². The molecule has 118 valence electrons. The summed E-state index contributed by atoms with van der Waals surface area (Å²) in [7, 11) is 2.09. The first-order valence-electron chi connectivity index (χ1n) is 7.65. The molecule has 0 spiro atoms. The first-order chi connectivity index (χ1) is 10.1. The Hall–Kier alpha value is -1.20. The second-order valence-electron chi connectivity index (χ2n) is 5.68. The predicted octanol–water partition coefficient (Wildman–Crippen LogP) is 2.44. The minimum Gasteiger partial charge on any atom is -0.373 e. The molecule has 0 bridgehead atoms. The summed E-state index contributed by atoms with van der Waals surface area (Å²) in [5.41, 5.74) is 1.21. The number of nitrogens with one attached hydrogen (secondary N) is 1. The monoisotopic (exact) mass is 297 g/mol. The van der Waals surface area contributed by atoms with Gasteiger partial charge in [0, 0.05) is 31.9 Å². The number of para-hydroxylation sites is 1. The predicted molar refractivity (Wildman–Crippen MR) is 83.2 cm³/mol. The Morgan fingerprint density at radius 2 is 1.90 bits per heavy atom. The summed E-state index contributed by atoms with van der Waals surface area (Å²) in [6.07, 6.45) is -0.294. The van der Waals surface area contributed by atoms with Gasteiger partial charge in [-0.05, 0) is 38.1 Å². The summed E-state index contributed by atoms with van der Waals surface area (Å²) in [6.45, 7) is 3.34. The third kappa shape index (κ3) is 5.59. The van der Waals surface area contributed by atoms with Gasteiger partial charge in [-0.25, -0.2) is 8.78 Å². The Morgan fingerprint density at radius 1 is 1.24 bits per heavy atom. The minimum absolute atomic E-state index is 0.0799. The molecule has 0 aromatic heterocycles. The lowest BCUT2D eigenvalue weighted by Gasteiger charge is -2.32. The van der Waals surface area contributed by atoms with Crippen molar-refractivity contribution in [1.29, 1.82) is 0 Å². The lowest BCUT2D eigenvalue weighted by molar-refractivity contribution is 0.0732. The summed E-state index contributed by atoms with van der Waals surface area (Å²) < 4.78 is 24.6. The number of benzene rings is 1. The third-order valence-electron chi connectivity index (χ3n) is 4.06. The molecular formula is C16H25F2N3. The molecule has 1 aliphatic heterocycles. The van der Waals surface area contributed by atoms with Crippen LogP contribution in [0.15, 0.2) is 30.3 Å². The van der Waals surface area contributed by atoms with E-state index in [0.717, 1.165) is 39.0 Å². The molecule has 1 heterocycles. The third-order valence-corrected chi connectivity index (χ3v) is 4.06. The molecule has 21 heavy (non-hydrogen) atoms. The lowest BCUT2D eigenvalue weighted by atomic mass is 10.1. The van der Waals surface area contributed by atoms with Gasteiger partial charge in [0.1, 0.15) is 0 Å². The van der Waals surface area contributed by atoms with Crippen molar-refractivity contribution in [3.63, 3.8) is 0 Å². The molecule has 3 nitrogen and oxygen atoms in total. The van der Waals surface area contributed by atoms with E-state index in [-0.39, 0.29) is 6.54 Å². The zero-order chi connectivity index (χ0) is 15.1. The smallest absolute Gasteiger partial charge is 0.251 e. The minimum atomic E-state index is -2.21. The number of likely N-dealkylation sites (N-methyl/N-ethyl adjacent to an activating group) is 1. The molecule has 2 rings (SSSR count). The summed E-state index contributed by atoms with van der Waals surface area (Å²) in [6, 6.07) is 10.8. The largest absolute Gasteiger partial charge is 0.373 e. The second-order valence-corrected chi connectivity index (χ2v) is 5.68. The van der Waals surface area contributed by atoms with Crippen molar-refractivity contribution in [2.45, 2.75) is 25.3 Å². The van der Waals surface area contributed by atoms with E-state index in [2.05, 4.69) is 29.4 Å². The number of halogens is 2. The van der Waals surface area contributed by atoms with Crippen LogP contribution in [0.5, 0.6) is 0 Å². The molecule has 1 saturated heterocycles. The van der Waals surface area contributed by atoms with Crippen molar-refractivity contribution in [2.75, 3.05) is 44.7 Å². The van der Waals surface area contributed by atoms with Gasteiger partial charge in [-0.1, -0.05) is 18.2 Å². The van der Waals surface area contributed by atoms with Gasteiger partial charge >= 0.3 is 0 Å². The Morgan fingerprint density at radius 3 is 2.52 bits per heavy atom. The van der Waals surface area contributed by atoms with Gasteiger partial charge in [0.25, 0.3) is 6.43 Å². The van der Waals surface area contributed by atoms with Crippen molar-refractivity contribution in [2.24, 2.45) is 0 Å². The van der Waals surface area contributed by atoms with Gasteiger partial charge in [0.15, 0.2) is 0 Å². The number of alkyl halides is 2. The first-order valence-corrected chi connectivity index (χ1v) is 7.65. The summed E-state index contributed by atoms with van der Waals surface area (Å²) in [5, 5.41) is 3.54. The van der Waals surface area contributed by atoms with Crippen molar-refractivity contribution < 1.29 is 8.78 Å². The SMILES string of the molecule is CN(CCNC1CCN(CC(F)F)CC1)c1ccccc1. The number of hydrogen-bond acceptors (Lipinski definition) is 3. The highest BCUT2D eigenvalue weighted by molar-refractivity contribution is 5.44. The number of nitrogens with zero attached hydrogens (tertiary/aromatic N) is 2. The number of hydrogen-bond donors (Lipinski definition) is 1. The maximum Gasteiger partial charge on any atom is 0.251 e. The maximum absolute atomic E-state index is 12.3. The molecular weight excluding hydrogens is 272 g/mol. The lowest BCUT2D eigenvalue weighted by Crippen LogP contribution is -2.45. The van der Waals surface area contributed by atoms with Crippen LogP contribution in [0.2, 0.25) is 0 Å². The molecule has 5 heteroatoms. The van der Waals surface area contributed by atoms with E-state index in [1.165, 1.54) is 5.69 Å². The first kappa shape index (κ1) is 16.2. The van der Waals surface area contributed by atoms with Crippen LogP contribution in [0.25, 0.3) is 0 Å².